The molecule has 0 radical (unpaired) electrons. The molecule has 16 heavy (non-hydrogen) atoms. The second-order valence-electron chi connectivity index (χ2n) is 3.14. The third kappa shape index (κ3) is 10.4. The Kier molecular flexibility index (Phi) is 10.3. The van der Waals surface area contributed by atoms with Crippen LogP contribution in [-0.2, 0) is 9.53 Å². The normalized spacial score (nSPS) is 8.56. The number of unbranched alkanes of at least 4 members (excludes halogenated alkanes) is 2. The summed E-state index contributed by atoms with van der Waals surface area (Å²) in [6.07, 6.45) is 8.32. The second-order valence-corrected chi connectivity index (χ2v) is 3.14. The molecule has 0 fully saturated rings. The molecule has 0 unspecified atom stereocenters. The average molecular weight is 221 g/mol. The molecule has 1 rings (SSSR count). The van der Waals surface area contributed by atoms with E-state index in [4.69, 9.17) is 0 Å². The van der Waals surface area contributed by atoms with E-state index in [2.05, 4.69) is 23.2 Å². The molecule has 0 N–H and O–H groups in total. The Morgan fingerprint density at radius 1 is 1.31 bits per heavy atom. The minimum Gasteiger partial charge on any atom is -0.435 e. The van der Waals surface area contributed by atoms with Crippen LogP contribution >= 0.6 is 0 Å². The van der Waals surface area contributed by atoms with Crippen molar-refractivity contribution in [3.05, 3.63) is 43.4 Å². The highest BCUT2D eigenvalue weighted by Gasteiger charge is 1.97. The zero-order valence-corrected chi connectivity index (χ0v) is 9.76. The quantitative estimate of drug-likeness (QED) is 0.435. The van der Waals surface area contributed by atoms with Crippen molar-refractivity contribution in [2.24, 2.45) is 0 Å². The van der Waals surface area contributed by atoms with Crippen molar-refractivity contribution in [1.29, 1.82) is 0 Å². The molecule has 0 aliphatic rings. The Bertz CT molecular complexity index is 246. The first-order chi connectivity index (χ1) is 7.81. The molecule has 0 aromatic carbocycles. The lowest BCUT2D eigenvalue weighted by atomic mass is 10.2. The molecule has 0 amide bonds. The third-order valence-electron chi connectivity index (χ3n) is 1.77. The van der Waals surface area contributed by atoms with Gasteiger partial charge >= 0.3 is 5.97 Å². The topological polar surface area (TPSA) is 39.2 Å². The number of aromatic nitrogens is 1. The standard InChI is InChI=1S/C8H14O2.C5H5N/c1-3-5-6-7-8(9)10-4-2;1-2-4-6-5-3-1/h4H,2-3,5-7H2,1H3;1-5H. The first kappa shape index (κ1) is 14.4. The number of esters is 1. The van der Waals surface area contributed by atoms with Gasteiger partial charge in [0.1, 0.15) is 0 Å². The summed E-state index contributed by atoms with van der Waals surface area (Å²) < 4.78 is 4.51. The first-order valence-corrected chi connectivity index (χ1v) is 5.46. The van der Waals surface area contributed by atoms with Gasteiger partial charge in [-0.15, -0.1) is 0 Å². The maximum Gasteiger partial charge on any atom is 0.310 e. The van der Waals surface area contributed by atoms with Crippen molar-refractivity contribution >= 4 is 5.97 Å². The molecule has 0 atom stereocenters. The Balaban J connectivity index is 0.000000315. The van der Waals surface area contributed by atoms with Crippen molar-refractivity contribution in [3.8, 4) is 0 Å². The lowest BCUT2D eigenvalue weighted by molar-refractivity contribution is -0.138. The van der Waals surface area contributed by atoms with Gasteiger partial charge in [-0.3, -0.25) is 9.78 Å². The number of hydrogen-bond donors (Lipinski definition) is 0. The molecule has 1 aromatic rings. The van der Waals surface area contributed by atoms with E-state index in [0.717, 1.165) is 19.3 Å². The average Bonchev–Trinajstić information content (AvgIpc) is 2.33. The number of hydrogen-bond acceptors (Lipinski definition) is 3. The van der Waals surface area contributed by atoms with Gasteiger partial charge in [-0.25, -0.2) is 0 Å². The number of nitrogens with zero attached hydrogens (tertiary/aromatic N) is 1. The fraction of sp³-hybridized carbons (Fsp3) is 0.385. The Morgan fingerprint density at radius 2 is 2.00 bits per heavy atom. The van der Waals surface area contributed by atoms with Crippen LogP contribution in [0.15, 0.2) is 43.4 Å². The molecule has 0 saturated carbocycles. The number of carbonyl (C=O) groups excluding carboxylic acids is 1. The van der Waals surface area contributed by atoms with Gasteiger partial charge in [0.2, 0.25) is 0 Å². The summed E-state index contributed by atoms with van der Waals surface area (Å²) in [7, 11) is 0. The molecule has 1 aromatic heterocycles. The highest BCUT2D eigenvalue weighted by atomic mass is 16.5. The SMILES string of the molecule is C=COC(=O)CCCCC.c1ccncc1. The van der Waals surface area contributed by atoms with Crippen molar-refractivity contribution in [1.82, 2.24) is 4.98 Å². The predicted octanol–water partition coefficient (Wildman–Crippen LogP) is 3.34. The van der Waals surface area contributed by atoms with Crippen molar-refractivity contribution in [2.45, 2.75) is 32.6 Å². The van der Waals surface area contributed by atoms with Crippen LogP contribution in [0.2, 0.25) is 0 Å². The van der Waals surface area contributed by atoms with Crippen molar-refractivity contribution in [2.75, 3.05) is 0 Å². The lowest BCUT2D eigenvalue weighted by Gasteiger charge is -1.96. The largest absolute Gasteiger partial charge is 0.435 e. The van der Waals surface area contributed by atoms with Gasteiger partial charge in [-0.2, -0.15) is 0 Å². The maximum absolute atomic E-state index is 10.6. The van der Waals surface area contributed by atoms with E-state index in [1.807, 2.05) is 18.2 Å². The van der Waals surface area contributed by atoms with Gasteiger partial charge in [0, 0.05) is 18.8 Å². The van der Waals surface area contributed by atoms with E-state index in [0.29, 0.717) is 6.42 Å². The van der Waals surface area contributed by atoms with Crippen LogP contribution in [0.25, 0.3) is 0 Å². The molecule has 3 heteroatoms. The van der Waals surface area contributed by atoms with Gasteiger partial charge in [0.05, 0.1) is 6.26 Å². The van der Waals surface area contributed by atoms with Crippen LogP contribution in [0.1, 0.15) is 32.6 Å². The van der Waals surface area contributed by atoms with Gasteiger partial charge in [0.25, 0.3) is 0 Å². The van der Waals surface area contributed by atoms with E-state index >= 15 is 0 Å². The summed E-state index contributed by atoms with van der Waals surface area (Å²) in [6.45, 7) is 5.38. The molecule has 3 nitrogen and oxygen atoms in total. The van der Waals surface area contributed by atoms with E-state index in [1.165, 1.54) is 6.26 Å². The van der Waals surface area contributed by atoms with Crippen LogP contribution < -0.4 is 0 Å². The Morgan fingerprint density at radius 3 is 2.38 bits per heavy atom. The molecule has 0 saturated heterocycles. The lowest BCUT2D eigenvalue weighted by Crippen LogP contribution is -1.97. The summed E-state index contributed by atoms with van der Waals surface area (Å²) in [6, 6.07) is 5.72. The van der Waals surface area contributed by atoms with Gasteiger partial charge in [-0.1, -0.05) is 32.4 Å². The second kappa shape index (κ2) is 11.4. The summed E-state index contributed by atoms with van der Waals surface area (Å²) >= 11 is 0. The Labute approximate surface area is 97.2 Å². The van der Waals surface area contributed by atoms with E-state index in [-0.39, 0.29) is 5.97 Å². The fourth-order valence-electron chi connectivity index (χ4n) is 0.984. The molecular formula is C13H19NO2. The van der Waals surface area contributed by atoms with Crippen molar-refractivity contribution < 1.29 is 9.53 Å². The van der Waals surface area contributed by atoms with Crippen LogP contribution in [-0.4, -0.2) is 11.0 Å². The van der Waals surface area contributed by atoms with Gasteiger partial charge in [-0.05, 0) is 18.6 Å². The zero-order valence-electron chi connectivity index (χ0n) is 9.76. The summed E-state index contributed by atoms with van der Waals surface area (Å²) in [4.78, 5) is 14.4. The van der Waals surface area contributed by atoms with E-state index in [1.54, 1.807) is 12.4 Å². The minimum absolute atomic E-state index is 0.177. The van der Waals surface area contributed by atoms with E-state index < -0.39 is 0 Å². The van der Waals surface area contributed by atoms with Crippen LogP contribution in [0, 0.1) is 0 Å². The third-order valence-corrected chi connectivity index (χ3v) is 1.77. The molecule has 0 aliphatic heterocycles. The minimum atomic E-state index is -0.177. The monoisotopic (exact) mass is 221 g/mol. The molecule has 88 valence electrons. The smallest absolute Gasteiger partial charge is 0.310 e. The predicted molar refractivity (Wildman–Crippen MR) is 64.7 cm³/mol. The summed E-state index contributed by atoms with van der Waals surface area (Å²) in [5.74, 6) is -0.177. The number of ether oxygens (including phenoxy) is 1. The highest BCUT2D eigenvalue weighted by Crippen LogP contribution is 1.99. The first-order valence-electron chi connectivity index (χ1n) is 5.46. The molecule has 1 heterocycles. The molecular weight excluding hydrogens is 202 g/mol. The Hall–Kier alpha value is -1.64. The van der Waals surface area contributed by atoms with Crippen LogP contribution in [0.5, 0.6) is 0 Å². The summed E-state index contributed by atoms with van der Waals surface area (Å²) in [5.41, 5.74) is 0. The molecule has 0 aliphatic carbocycles. The van der Waals surface area contributed by atoms with Crippen molar-refractivity contribution in [3.63, 3.8) is 0 Å². The van der Waals surface area contributed by atoms with E-state index in [9.17, 15) is 4.79 Å². The maximum atomic E-state index is 10.6. The number of rotatable bonds is 5. The molecule has 0 bridgehead atoms. The number of carbonyl (C=O) groups is 1. The number of pyridine rings is 1. The highest BCUT2D eigenvalue weighted by molar-refractivity contribution is 5.69. The van der Waals surface area contributed by atoms with Gasteiger partial charge < -0.3 is 4.74 Å². The van der Waals surface area contributed by atoms with Crippen LogP contribution in [0.4, 0.5) is 0 Å². The molecule has 0 spiro atoms. The fourth-order valence-corrected chi connectivity index (χ4v) is 0.984. The van der Waals surface area contributed by atoms with Gasteiger partial charge in [0.15, 0.2) is 0 Å². The van der Waals surface area contributed by atoms with Crippen LogP contribution in [0.3, 0.4) is 0 Å². The zero-order chi connectivity index (χ0) is 12.1. The summed E-state index contributed by atoms with van der Waals surface area (Å²) in [5, 5.41) is 0.